The van der Waals surface area contributed by atoms with Gasteiger partial charge in [-0.3, -0.25) is 10.2 Å². The molecule has 1 aromatic heterocycles. The zero-order chi connectivity index (χ0) is 16.2. The summed E-state index contributed by atoms with van der Waals surface area (Å²) >= 11 is 7.01. The molecular weight excluding hydrogens is 428 g/mol. The fourth-order valence-electron chi connectivity index (χ4n) is 2.47. The predicted octanol–water partition coefficient (Wildman–Crippen LogP) is 3.55. The summed E-state index contributed by atoms with van der Waals surface area (Å²) in [5.41, 5.74) is 1.25. The smallest absolute Gasteiger partial charge is 0.323 e. The third kappa shape index (κ3) is 4.33. The molecule has 2 amide bonds. The molecule has 0 saturated carbocycles. The Balaban J connectivity index is 1.50. The summed E-state index contributed by atoms with van der Waals surface area (Å²) in [6.07, 6.45) is 1.43. The van der Waals surface area contributed by atoms with Crippen LogP contribution in [-0.2, 0) is 6.54 Å². The van der Waals surface area contributed by atoms with Crippen LogP contribution in [0.1, 0.15) is 5.56 Å². The van der Waals surface area contributed by atoms with Crippen molar-refractivity contribution in [3.63, 3.8) is 0 Å². The van der Waals surface area contributed by atoms with E-state index in [0.717, 1.165) is 28.6 Å². The van der Waals surface area contributed by atoms with Crippen LogP contribution in [0.5, 0.6) is 0 Å². The highest BCUT2D eigenvalue weighted by atomic mass is 79.9. The number of hydrogen-bond acceptors (Lipinski definition) is 4. The lowest BCUT2D eigenvalue weighted by Gasteiger charge is -2.34. The monoisotopic (exact) mass is 442 g/mol. The molecule has 1 N–H and O–H groups in total. The molecule has 1 aliphatic rings. The van der Waals surface area contributed by atoms with Gasteiger partial charge in [-0.05, 0) is 49.6 Å². The Morgan fingerprint density at radius 2 is 1.96 bits per heavy atom. The fraction of sp³-hybridized carbons (Fsp3) is 0.333. The maximum Gasteiger partial charge on any atom is 0.323 e. The molecule has 0 radical (unpaired) electrons. The van der Waals surface area contributed by atoms with Crippen LogP contribution in [0.3, 0.4) is 0 Å². The van der Waals surface area contributed by atoms with E-state index in [2.05, 4.69) is 59.4 Å². The van der Waals surface area contributed by atoms with E-state index >= 15 is 0 Å². The van der Waals surface area contributed by atoms with Crippen molar-refractivity contribution < 1.29 is 9.32 Å². The van der Waals surface area contributed by atoms with E-state index in [4.69, 9.17) is 4.52 Å². The van der Waals surface area contributed by atoms with E-state index in [1.807, 2.05) is 6.07 Å². The fourth-order valence-corrected chi connectivity index (χ4v) is 3.14. The van der Waals surface area contributed by atoms with Gasteiger partial charge in [0.15, 0.2) is 5.82 Å². The Kier molecular flexibility index (Phi) is 5.34. The standard InChI is InChI=1S/C15H16Br2N4O2/c16-12-2-1-11(9-13(12)17)10-20-4-6-21(7-5-20)15(22)18-14-3-8-23-19-14/h1-3,8-9H,4-7,10H2,(H,18,19,22). The van der Waals surface area contributed by atoms with Crippen LogP contribution >= 0.6 is 31.9 Å². The summed E-state index contributed by atoms with van der Waals surface area (Å²) in [7, 11) is 0. The molecule has 0 atom stereocenters. The zero-order valence-electron chi connectivity index (χ0n) is 12.3. The van der Waals surface area contributed by atoms with Crippen LogP contribution in [0.4, 0.5) is 10.6 Å². The van der Waals surface area contributed by atoms with Crippen LogP contribution in [0.15, 0.2) is 44.0 Å². The molecule has 1 fully saturated rings. The van der Waals surface area contributed by atoms with E-state index in [9.17, 15) is 4.79 Å². The topological polar surface area (TPSA) is 61.6 Å². The molecule has 1 aliphatic heterocycles. The number of carbonyl (C=O) groups is 1. The van der Waals surface area contributed by atoms with Gasteiger partial charge in [0.25, 0.3) is 0 Å². The first-order valence-electron chi connectivity index (χ1n) is 7.24. The molecule has 1 aromatic carbocycles. The van der Waals surface area contributed by atoms with Gasteiger partial charge in [0.2, 0.25) is 0 Å². The highest BCUT2D eigenvalue weighted by Gasteiger charge is 2.21. The van der Waals surface area contributed by atoms with Crippen molar-refractivity contribution in [1.29, 1.82) is 0 Å². The number of benzene rings is 1. The normalized spacial score (nSPS) is 15.7. The highest BCUT2D eigenvalue weighted by Crippen LogP contribution is 2.24. The number of urea groups is 1. The van der Waals surface area contributed by atoms with Crippen molar-refractivity contribution >= 4 is 43.7 Å². The first-order valence-corrected chi connectivity index (χ1v) is 8.83. The molecule has 8 heteroatoms. The lowest BCUT2D eigenvalue weighted by atomic mass is 10.2. The number of piperazine rings is 1. The number of carbonyl (C=O) groups excluding carboxylic acids is 1. The van der Waals surface area contributed by atoms with Gasteiger partial charge in [0.05, 0.1) is 0 Å². The first-order chi connectivity index (χ1) is 11.1. The Bertz CT molecular complexity index is 670. The third-order valence-corrected chi connectivity index (χ3v) is 5.60. The van der Waals surface area contributed by atoms with Gasteiger partial charge >= 0.3 is 6.03 Å². The molecule has 2 aromatic rings. The molecular formula is C15H16Br2N4O2. The predicted molar refractivity (Wildman–Crippen MR) is 94.2 cm³/mol. The van der Waals surface area contributed by atoms with Crippen LogP contribution < -0.4 is 5.32 Å². The van der Waals surface area contributed by atoms with Gasteiger partial charge in [0, 0.05) is 47.7 Å². The first kappa shape index (κ1) is 16.5. The van der Waals surface area contributed by atoms with Crippen LogP contribution in [-0.4, -0.2) is 47.2 Å². The number of nitrogens with one attached hydrogen (secondary N) is 1. The summed E-state index contributed by atoms with van der Waals surface area (Å²) in [6, 6.07) is 7.76. The van der Waals surface area contributed by atoms with Gasteiger partial charge in [-0.2, -0.15) is 0 Å². The maximum absolute atomic E-state index is 12.1. The second-order valence-corrected chi connectivity index (χ2v) is 7.04. The van der Waals surface area contributed by atoms with Crippen molar-refractivity contribution in [3.05, 3.63) is 45.0 Å². The molecule has 0 aliphatic carbocycles. The second-order valence-electron chi connectivity index (χ2n) is 5.33. The summed E-state index contributed by atoms with van der Waals surface area (Å²) < 4.78 is 6.81. The van der Waals surface area contributed by atoms with Crippen molar-refractivity contribution in [1.82, 2.24) is 15.0 Å². The second kappa shape index (κ2) is 7.46. The molecule has 0 spiro atoms. The Hall–Kier alpha value is -1.38. The van der Waals surface area contributed by atoms with Gasteiger partial charge < -0.3 is 9.42 Å². The van der Waals surface area contributed by atoms with Crippen molar-refractivity contribution in [2.75, 3.05) is 31.5 Å². The van der Waals surface area contributed by atoms with Crippen LogP contribution in [0.25, 0.3) is 0 Å². The Morgan fingerprint density at radius 1 is 1.17 bits per heavy atom. The largest absolute Gasteiger partial charge is 0.363 e. The van der Waals surface area contributed by atoms with Crippen LogP contribution in [0, 0.1) is 0 Å². The van der Waals surface area contributed by atoms with Gasteiger partial charge in [0.1, 0.15) is 6.26 Å². The van der Waals surface area contributed by atoms with Gasteiger partial charge in [-0.15, -0.1) is 0 Å². The zero-order valence-corrected chi connectivity index (χ0v) is 15.5. The summed E-state index contributed by atoms with van der Waals surface area (Å²) in [5, 5.41) is 6.41. The average molecular weight is 444 g/mol. The number of halogens is 2. The number of nitrogens with zero attached hydrogens (tertiary/aromatic N) is 3. The molecule has 3 rings (SSSR count). The number of hydrogen-bond donors (Lipinski definition) is 1. The number of rotatable bonds is 3. The maximum atomic E-state index is 12.1. The molecule has 0 unspecified atom stereocenters. The molecule has 1 saturated heterocycles. The quantitative estimate of drug-likeness (QED) is 0.787. The summed E-state index contributed by atoms with van der Waals surface area (Å²) in [5.74, 6) is 0.442. The van der Waals surface area contributed by atoms with E-state index in [0.29, 0.717) is 18.9 Å². The minimum Gasteiger partial charge on any atom is -0.363 e. The Morgan fingerprint density at radius 3 is 2.61 bits per heavy atom. The molecule has 122 valence electrons. The molecule has 23 heavy (non-hydrogen) atoms. The molecule has 6 nitrogen and oxygen atoms in total. The summed E-state index contributed by atoms with van der Waals surface area (Å²) in [4.78, 5) is 16.3. The molecule has 0 bridgehead atoms. The van der Waals surface area contributed by atoms with E-state index in [1.165, 1.54) is 11.8 Å². The third-order valence-electron chi connectivity index (χ3n) is 3.72. The van der Waals surface area contributed by atoms with Gasteiger partial charge in [-0.1, -0.05) is 11.2 Å². The average Bonchev–Trinajstić information content (AvgIpc) is 3.04. The SMILES string of the molecule is O=C(Nc1ccon1)N1CCN(Cc2ccc(Br)c(Br)c2)CC1. The van der Waals surface area contributed by atoms with E-state index in [-0.39, 0.29) is 6.03 Å². The van der Waals surface area contributed by atoms with Crippen molar-refractivity contribution in [2.45, 2.75) is 6.54 Å². The van der Waals surface area contributed by atoms with Gasteiger partial charge in [-0.25, -0.2) is 4.79 Å². The number of aromatic nitrogens is 1. The lowest BCUT2D eigenvalue weighted by molar-refractivity contribution is 0.143. The lowest BCUT2D eigenvalue weighted by Crippen LogP contribution is -2.49. The van der Waals surface area contributed by atoms with Crippen molar-refractivity contribution in [2.24, 2.45) is 0 Å². The highest BCUT2D eigenvalue weighted by molar-refractivity contribution is 9.13. The van der Waals surface area contributed by atoms with Crippen LogP contribution in [0.2, 0.25) is 0 Å². The minimum atomic E-state index is -0.134. The Labute approximate surface area is 151 Å². The van der Waals surface area contributed by atoms with E-state index in [1.54, 1.807) is 11.0 Å². The van der Waals surface area contributed by atoms with Crippen molar-refractivity contribution in [3.8, 4) is 0 Å². The minimum absolute atomic E-state index is 0.134. The number of anilines is 1. The van der Waals surface area contributed by atoms with E-state index < -0.39 is 0 Å². The molecule has 2 heterocycles. The summed E-state index contributed by atoms with van der Waals surface area (Å²) in [6.45, 7) is 3.97. The number of amides is 2.